The van der Waals surface area contributed by atoms with Crippen molar-refractivity contribution in [1.29, 1.82) is 0 Å². The normalized spacial score (nSPS) is 14.8. The molecule has 0 heterocycles. The van der Waals surface area contributed by atoms with Crippen LogP contribution in [0.25, 0.3) is 0 Å². The lowest BCUT2D eigenvalue weighted by molar-refractivity contribution is 0.166. The Morgan fingerprint density at radius 1 is 1.17 bits per heavy atom. The molecule has 1 unspecified atom stereocenters. The highest BCUT2D eigenvalue weighted by Gasteiger charge is 2.32. The monoisotopic (exact) mass is 249 g/mol. The van der Waals surface area contributed by atoms with E-state index in [1.807, 2.05) is 0 Å². The van der Waals surface area contributed by atoms with Crippen LogP contribution in [-0.4, -0.2) is 18.3 Å². The Kier molecular flexibility index (Phi) is 5.83. The molecule has 0 spiro atoms. The standard InChI is InChI=1S/C16H27NO/c1-4-14(5-2)10-16(11-17,12-18)15-8-6-13(3)7-9-15/h6-9,14,18H,4-5,10-12,17H2,1-3H3. The Hall–Kier alpha value is -0.860. The Morgan fingerprint density at radius 3 is 2.11 bits per heavy atom. The summed E-state index contributed by atoms with van der Waals surface area (Å²) in [6.07, 6.45) is 3.25. The quantitative estimate of drug-likeness (QED) is 0.780. The second-order valence-electron chi connectivity index (χ2n) is 5.40. The Balaban J connectivity index is 3.02. The number of aliphatic hydroxyl groups excluding tert-OH is 1. The smallest absolute Gasteiger partial charge is 0.0540 e. The van der Waals surface area contributed by atoms with Crippen LogP contribution in [0.2, 0.25) is 0 Å². The van der Waals surface area contributed by atoms with Crippen molar-refractivity contribution in [2.24, 2.45) is 11.7 Å². The van der Waals surface area contributed by atoms with E-state index in [0.29, 0.717) is 12.5 Å². The molecule has 0 aliphatic rings. The first-order valence-corrected chi connectivity index (χ1v) is 7.00. The molecule has 1 atom stereocenters. The summed E-state index contributed by atoms with van der Waals surface area (Å²) >= 11 is 0. The third kappa shape index (κ3) is 3.33. The minimum Gasteiger partial charge on any atom is -0.395 e. The summed E-state index contributed by atoms with van der Waals surface area (Å²) in [4.78, 5) is 0. The van der Waals surface area contributed by atoms with Crippen LogP contribution >= 0.6 is 0 Å². The van der Waals surface area contributed by atoms with Crippen molar-refractivity contribution >= 4 is 0 Å². The summed E-state index contributed by atoms with van der Waals surface area (Å²) in [6, 6.07) is 8.42. The maximum absolute atomic E-state index is 9.86. The van der Waals surface area contributed by atoms with Crippen molar-refractivity contribution in [2.45, 2.75) is 45.4 Å². The van der Waals surface area contributed by atoms with Gasteiger partial charge in [-0.1, -0.05) is 56.5 Å². The maximum Gasteiger partial charge on any atom is 0.0540 e. The first-order valence-electron chi connectivity index (χ1n) is 7.00. The minimum absolute atomic E-state index is 0.128. The lowest BCUT2D eigenvalue weighted by Crippen LogP contribution is -2.40. The van der Waals surface area contributed by atoms with E-state index in [0.717, 1.165) is 19.3 Å². The zero-order chi connectivity index (χ0) is 13.6. The van der Waals surface area contributed by atoms with Crippen LogP contribution in [0.5, 0.6) is 0 Å². The fraction of sp³-hybridized carbons (Fsp3) is 0.625. The predicted molar refractivity (Wildman–Crippen MR) is 77.7 cm³/mol. The lowest BCUT2D eigenvalue weighted by Gasteiger charge is -2.34. The molecule has 1 aromatic carbocycles. The minimum atomic E-state index is -0.273. The van der Waals surface area contributed by atoms with Crippen molar-refractivity contribution in [3.05, 3.63) is 35.4 Å². The molecule has 102 valence electrons. The molecule has 2 nitrogen and oxygen atoms in total. The Labute approximate surface area is 111 Å². The van der Waals surface area contributed by atoms with Crippen LogP contribution in [0.4, 0.5) is 0 Å². The van der Waals surface area contributed by atoms with Crippen LogP contribution in [0, 0.1) is 12.8 Å². The van der Waals surface area contributed by atoms with E-state index in [1.54, 1.807) is 0 Å². The molecule has 0 radical (unpaired) electrons. The molecule has 0 amide bonds. The maximum atomic E-state index is 9.86. The van der Waals surface area contributed by atoms with Gasteiger partial charge in [0.2, 0.25) is 0 Å². The van der Waals surface area contributed by atoms with Crippen LogP contribution < -0.4 is 5.73 Å². The lowest BCUT2D eigenvalue weighted by atomic mass is 9.73. The molecule has 1 aromatic rings. The van der Waals surface area contributed by atoms with Crippen molar-refractivity contribution in [3.63, 3.8) is 0 Å². The average molecular weight is 249 g/mol. The zero-order valence-corrected chi connectivity index (χ0v) is 11.9. The van der Waals surface area contributed by atoms with Crippen molar-refractivity contribution in [2.75, 3.05) is 13.2 Å². The van der Waals surface area contributed by atoms with Crippen LogP contribution in [0.15, 0.2) is 24.3 Å². The molecule has 3 N–H and O–H groups in total. The molecule has 0 aliphatic carbocycles. The van der Waals surface area contributed by atoms with E-state index in [2.05, 4.69) is 45.0 Å². The highest BCUT2D eigenvalue weighted by atomic mass is 16.3. The predicted octanol–water partition coefficient (Wildman–Crippen LogP) is 3.01. The summed E-state index contributed by atoms with van der Waals surface area (Å²) in [5, 5.41) is 9.86. The number of nitrogens with two attached hydrogens (primary N) is 1. The van der Waals surface area contributed by atoms with Gasteiger partial charge in [0.1, 0.15) is 0 Å². The van der Waals surface area contributed by atoms with Gasteiger partial charge in [-0.25, -0.2) is 0 Å². The number of aliphatic hydroxyl groups is 1. The summed E-state index contributed by atoms with van der Waals surface area (Å²) in [5.74, 6) is 0.627. The van der Waals surface area contributed by atoms with Gasteiger partial charge in [0.25, 0.3) is 0 Å². The molecule has 0 bridgehead atoms. The van der Waals surface area contributed by atoms with Crippen molar-refractivity contribution in [1.82, 2.24) is 0 Å². The molecule has 0 aliphatic heterocycles. The highest BCUT2D eigenvalue weighted by molar-refractivity contribution is 5.29. The molecule has 0 aromatic heterocycles. The van der Waals surface area contributed by atoms with E-state index in [1.165, 1.54) is 11.1 Å². The zero-order valence-electron chi connectivity index (χ0n) is 11.9. The summed E-state index contributed by atoms with van der Waals surface area (Å²) in [7, 11) is 0. The molecule has 0 saturated heterocycles. The van der Waals surface area contributed by atoms with E-state index in [9.17, 15) is 5.11 Å². The third-order valence-corrected chi connectivity index (χ3v) is 4.19. The molecule has 18 heavy (non-hydrogen) atoms. The van der Waals surface area contributed by atoms with Gasteiger partial charge >= 0.3 is 0 Å². The van der Waals surface area contributed by atoms with Gasteiger partial charge in [0.15, 0.2) is 0 Å². The second-order valence-corrected chi connectivity index (χ2v) is 5.40. The number of hydrogen-bond acceptors (Lipinski definition) is 2. The largest absolute Gasteiger partial charge is 0.395 e. The van der Waals surface area contributed by atoms with Gasteiger partial charge in [-0.05, 0) is 24.8 Å². The second kappa shape index (κ2) is 6.91. The average Bonchev–Trinajstić information content (AvgIpc) is 2.42. The number of hydrogen-bond donors (Lipinski definition) is 2. The van der Waals surface area contributed by atoms with Crippen molar-refractivity contribution < 1.29 is 5.11 Å². The van der Waals surface area contributed by atoms with Gasteiger partial charge in [-0.15, -0.1) is 0 Å². The van der Waals surface area contributed by atoms with Crippen LogP contribution in [-0.2, 0) is 5.41 Å². The molecule has 0 fully saturated rings. The van der Waals surface area contributed by atoms with E-state index < -0.39 is 0 Å². The molecule has 1 rings (SSSR count). The van der Waals surface area contributed by atoms with Crippen LogP contribution in [0.1, 0.15) is 44.2 Å². The summed E-state index contributed by atoms with van der Waals surface area (Å²) < 4.78 is 0. The molecule has 2 heteroatoms. The molecule has 0 saturated carbocycles. The van der Waals surface area contributed by atoms with Gasteiger partial charge in [-0.3, -0.25) is 0 Å². The highest BCUT2D eigenvalue weighted by Crippen LogP contribution is 2.32. The fourth-order valence-electron chi connectivity index (χ4n) is 2.58. The molecular weight excluding hydrogens is 222 g/mol. The fourth-order valence-corrected chi connectivity index (χ4v) is 2.58. The summed E-state index contributed by atoms with van der Waals surface area (Å²) in [6.45, 7) is 7.13. The number of benzene rings is 1. The van der Waals surface area contributed by atoms with E-state index in [-0.39, 0.29) is 12.0 Å². The van der Waals surface area contributed by atoms with Crippen LogP contribution in [0.3, 0.4) is 0 Å². The third-order valence-electron chi connectivity index (χ3n) is 4.19. The van der Waals surface area contributed by atoms with Gasteiger partial charge < -0.3 is 10.8 Å². The SMILES string of the molecule is CCC(CC)CC(CN)(CO)c1ccc(C)cc1. The number of aryl methyl sites for hydroxylation is 1. The van der Waals surface area contributed by atoms with Gasteiger partial charge in [0, 0.05) is 12.0 Å². The Bertz CT molecular complexity index is 337. The van der Waals surface area contributed by atoms with E-state index in [4.69, 9.17) is 5.73 Å². The first kappa shape index (κ1) is 15.2. The van der Waals surface area contributed by atoms with Crippen molar-refractivity contribution in [3.8, 4) is 0 Å². The van der Waals surface area contributed by atoms with Gasteiger partial charge in [0.05, 0.1) is 6.61 Å². The molecular formula is C16H27NO. The number of rotatable bonds is 7. The van der Waals surface area contributed by atoms with E-state index >= 15 is 0 Å². The topological polar surface area (TPSA) is 46.2 Å². The summed E-state index contributed by atoms with van der Waals surface area (Å²) in [5.41, 5.74) is 8.12. The first-order chi connectivity index (χ1) is 8.61. The Morgan fingerprint density at radius 2 is 1.72 bits per heavy atom. The van der Waals surface area contributed by atoms with Gasteiger partial charge in [-0.2, -0.15) is 0 Å².